The normalized spacial score (nSPS) is 15.6. The lowest BCUT2D eigenvalue weighted by Crippen LogP contribution is -2.45. The molecule has 2 amide bonds. The highest BCUT2D eigenvalue weighted by atomic mass is 28.4. The molecule has 1 aliphatic rings. The monoisotopic (exact) mass is 547 g/mol. The molecule has 4 rings (SSSR count). The van der Waals surface area contributed by atoms with Gasteiger partial charge in [-0.05, 0) is 35.8 Å². The highest BCUT2D eigenvalue weighted by molar-refractivity contribution is 6.74. The average molecular weight is 548 g/mol. The Balaban J connectivity index is 1.81. The lowest BCUT2D eigenvalue weighted by atomic mass is 9.98. The van der Waals surface area contributed by atoms with Crippen molar-refractivity contribution in [2.24, 2.45) is 4.99 Å². The van der Waals surface area contributed by atoms with E-state index in [4.69, 9.17) is 4.43 Å². The van der Waals surface area contributed by atoms with Crippen LogP contribution in [0.25, 0.3) is 0 Å². The highest BCUT2D eigenvalue weighted by Gasteiger charge is 2.38. The molecule has 9 heteroatoms. The summed E-state index contributed by atoms with van der Waals surface area (Å²) in [6, 6.07) is 20.4. The minimum Gasteiger partial charge on any atom is -0.465 e. The van der Waals surface area contributed by atoms with Crippen LogP contribution in [0.1, 0.15) is 43.0 Å². The Labute approximate surface area is 229 Å². The molecular weight excluding hydrogens is 513 g/mol. The number of hydrogen-bond donors (Lipinski definition) is 2. The largest absolute Gasteiger partial charge is 0.465 e. The summed E-state index contributed by atoms with van der Waals surface area (Å²) in [5.74, 6) is -1.06. The number of benzodiazepines with no additional fused rings is 1. The molecule has 0 radical (unpaired) electrons. The van der Waals surface area contributed by atoms with Crippen molar-refractivity contribution in [3.63, 3.8) is 0 Å². The van der Waals surface area contributed by atoms with E-state index < -0.39 is 32.3 Å². The van der Waals surface area contributed by atoms with Gasteiger partial charge in [-0.25, -0.2) is 14.2 Å². The maximum atomic E-state index is 14.3. The number of nitrogens with one attached hydrogen (secondary N) is 1. The Bertz CT molecular complexity index is 1400. The summed E-state index contributed by atoms with van der Waals surface area (Å²) in [5.41, 5.74) is 3.25. The second kappa shape index (κ2) is 11.1. The van der Waals surface area contributed by atoms with E-state index in [9.17, 15) is 19.1 Å². The van der Waals surface area contributed by atoms with E-state index in [1.165, 1.54) is 12.1 Å². The van der Waals surface area contributed by atoms with Gasteiger partial charge in [0.15, 0.2) is 8.32 Å². The molecule has 204 valence electrons. The number of benzene rings is 3. The van der Waals surface area contributed by atoms with E-state index in [1.807, 2.05) is 18.2 Å². The molecule has 0 aromatic heterocycles. The highest BCUT2D eigenvalue weighted by Crippen LogP contribution is 2.38. The fourth-order valence-corrected chi connectivity index (χ4v) is 5.04. The molecule has 0 spiro atoms. The lowest BCUT2D eigenvalue weighted by molar-refractivity contribution is -0.120. The van der Waals surface area contributed by atoms with Crippen LogP contribution < -0.4 is 5.32 Å². The van der Waals surface area contributed by atoms with Gasteiger partial charge >= 0.3 is 6.09 Å². The number of anilines is 1. The van der Waals surface area contributed by atoms with Crippen molar-refractivity contribution in [2.75, 3.05) is 5.32 Å². The third-order valence-corrected chi connectivity index (χ3v) is 11.8. The molecule has 0 bridgehead atoms. The van der Waals surface area contributed by atoms with Gasteiger partial charge in [0, 0.05) is 16.7 Å². The Morgan fingerprint density at radius 2 is 1.77 bits per heavy atom. The topological polar surface area (TPSA) is 91.2 Å². The van der Waals surface area contributed by atoms with Crippen LogP contribution in [-0.2, 0) is 22.4 Å². The third kappa shape index (κ3) is 6.26. The molecule has 0 fully saturated rings. The van der Waals surface area contributed by atoms with E-state index in [1.54, 1.807) is 42.5 Å². The zero-order valence-electron chi connectivity index (χ0n) is 22.9. The number of nitrogens with zero attached hydrogens (tertiary/aromatic N) is 2. The van der Waals surface area contributed by atoms with E-state index in [0.29, 0.717) is 28.1 Å². The van der Waals surface area contributed by atoms with Crippen molar-refractivity contribution < 1.29 is 23.5 Å². The maximum absolute atomic E-state index is 14.3. The van der Waals surface area contributed by atoms with Gasteiger partial charge in [0.25, 0.3) is 5.91 Å². The number of hydrogen-bond acceptors (Lipinski definition) is 4. The SMILES string of the molecule is CC(C)(C)[Si](C)(C)OCc1cccc2c1NC(=O)C(N(Cc1ccccc1)C(=O)O)N=C2c1cccc(F)c1. The fraction of sp³-hybridized carbons (Fsp3) is 0.300. The minimum atomic E-state index is -2.12. The standard InChI is InChI=1S/C30H34FN3O4Si/c1-30(2,3)39(4,5)38-19-22-14-10-16-24-25(21-13-9-15-23(31)17-21)32-27(28(35)33-26(22)24)34(29(36)37)18-20-11-7-6-8-12-20/h6-17,27H,18-19H2,1-5H3,(H,33,35)(H,36,37). The maximum Gasteiger partial charge on any atom is 0.409 e. The number of halogens is 1. The van der Waals surface area contributed by atoms with Crippen LogP contribution in [0.3, 0.4) is 0 Å². The summed E-state index contributed by atoms with van der Waals surface area (Å²) in [6.07, 6.45) is -2.70. The smallest absolute Gasteiger partial charge is 0.409 e. The predicted molar refractivity (Wildman–Crippen MR) is 153 cm³/mol. The van der Waals surface area contributed by atoms with E-state index in [0.717, 1.165) is 10.5 Å². The number of carboxylic acid groups (broad SMARTS) is 1. The summed E-state index contributed by atoms with van der Waals surface area (Å²) in [7, 11) is -2.12. The molecule has 3 aromatic carbocycles. The first kappa shape index (κ1) is 28.2. The Morgan fingerprint density at radius 3 is 2.41 bits per heavy atom. The van der Waals surface area contributed by atoms with Crippen LogP contribution in [0.2, 0.25) is 18.1 Å². The molecule has 0 saturated heterocycles. The molecule has 1 atom stereocenters. The van der Waals surface area contributed by atoms with Crippen molar-refractivity contribution in [2.45, 2.75) is 58.2 Å². The number of aliphatic imine (C=N–C) groups is 1. The lowest BCUT2D eigenvalue weighted by Gasteiger charge is -2.36. The van der Waals surface area contributed by atoms with Gasteiger partial charge in [-0.3, -0.25) is 9.69 Å². The van der Waals surface area contributed by atoms with E-state index in [2.05, 4.69) is 44.2 Å². The Kier molecular flexibility index (Phi) is 8.03. The number of para-hydroxylation sites is 1. The van der Waals surface area contributed by atoms with Crippen molar-refractivity contribution in [1.82, 2.24) is 4.90 Å². The molecule has 1 unspecified atom stereocenters. The summed E-state index contributed by atoms with van der Waals surface area (Å²) in [6.45, 7) is 11.0. The van der Waals surface area contributed by atoms with Gasteiger partial charge < -0.3 is 14.8 Å². The van der Waals surface area contributed by atoms with Gasteiger partial charge in [-0.2, -0.15) is 0 Å². The van der Waals surface area contributed by atoms with Crippen molar-refractivity contribution in [3.8, 4) is 0 Å². The fourth-order valence-electron chi connectivity index (χ4n) is 4.09. The quantitative estimate of drug-likeness (QED) is 0.324. The predicted octanol–water partition coefficient (Wildman–Crippen LogP) is 6.64. The van der Waals surface area contributed by atoms with E-state index >= 15 is 0 Å². The molecule has 3 aromatic rings. The van der Waals surface area contributed by atoms with Gasteiger partial charge in [0.1, 0.15) is 5.82 Å². The summed E-state index contributed by atoms with van der Waals surface area (Å²) in [4.78, 5) is 31.7. The first-order valence-electron chi connectivity index (χ1n) is 12.8. The van der Waals surface area contributed by atoms with Gasteiger partial charge in [0.05, 0.1) is 24.6 Å². The number of carbonyl (C=O) groups is 2. The van der Waals surface area contributed by atoms with Crippen LogP contribution in [0.4, 0.5) is 14.9 Å². The van der Waals surface area contributed by atoms with Gasteiger partial charge in [-0.15, -0.1) is 0 Å². The molecule has 0 aliphatic carbocycles. The molecular formula is C30H34FN3O4Si. The first-order chi connectivity index (χ1) is 18.4. The second-order valence-electron chi connectivity index (χ2n) is 11.1. The van der Waals surface area contributed by atoms with Gasteiger partial charge in [0.2, 0.25) is 6.17 Å². The number of carbonyl (C=O) groups excluding carboxylic acids is 1. The van der Waals surface area contributed by atoms with Gasteiger partial charge in [-0.1, -0.05) is 81.4 Å². The van der Waals surface area contributed by atoms with Crippen molar-refractivity contribution >= 4 is 31.7 Å². The second-order valence-corrected chi connectivity index (χ2v) is 15.9. The molecule has 1 aliphatic heterocycles. The van der Waals surface area contributed by atoms with Crippen LogP contribution in [0, 0.1) is 5.82 Å². The Hall–Kier alpha value is -3.82. The summed E-state index contributed by atoms with van der Waals surface area (Å²) in [5, 5.41) is 13.0. The van der Waals surface area contributed by atoms with Crippen LogP contribution in [0.5, 0.6) is 0 Å². The Morgan fingerprint density at radius 1 is 1.08 bits per heavy atom. The van der Waals surface area contributed by atoms with Crippen LogP contribution >= 0.6 is 0 Å². The minimum absolute atomic E-state index is 0.0132. The van der Waals surface area contributed by atoms with Crippen molar-refractivity contribution in [1.29, 1.82) is 0 Å². The molecule has 1 heterocycles. The zero-order valence-corrected chi connectivity index (χ0v) is 23.9. The third-order valence-electron chi connectivity index (χ3n) is 7.37. The van der Waals surface area contributed by atoms with Crippen LogP contribution in [-0.4, -0.2) is 42.2 Å². The number of rotatable bonds is 7. The molecule has 2 N–H and O–H groups in total. The van der Waals surface area contributed by atoms with Crippen molar-refractivity contribution in [3.05, 3.63) is 101 Å². The summed E-state index contributed by atoms with van der Waals surface area (Å²) >= 11 is 0. The average Bonchev–Trinajstić information content (AvgIpc) is 3.02. The van der Waals surface area contributed by atoms with Crippen LogP contribution in [0.15, 0.2) is 77.8 Å². The van der Waals surface area contributed by atoms with E-state index in [-0.39, 0.29) is 18.2 Å². The molecule has 39 heavy (non-hydrogen) atoms. The molecule has 0 saturated carbocycles. The number of fused-ring (bicyclic) bond motifs is 1. The summed E-state index contributed by atoms with van der Waals surface area (Å²) < 4.78 is 20.8. The first-order valence-corrected chi connectivity index (χ1v) is 15.7. The molecule has 7 nitrogen and oxygen atoms in total. The number of amides is 2. The zero-order chi connectivity index (χ0) is 28.4.